The molecule has 1 aromatic carbocycles. The number of carbonyl (C=O) groups is 1. The third-order valence-corrected chi connectivity index (χ3v) is 2.64. The average molecular weight is 222 g/mol. The predicted octanol–water partition coefficient (Wildman–Crippen LogP) is 2.28. The van der Waals surface area contributed by atoms with Gasteiger partial charge in [-0.05, 0) is 30.9 Å². The van der Waals surface area contributed by atoms with Crippen LogP contribution in [0.2, 0.25) is 0 Å². The number of benzene rings is 1. The topological polar surface area (TPSA) is 46.5 Å². The molecular weight excluding hydrogens is 204 g/mol. The number of aryl methyl sites for hydroxylation is 1. The zero-order valence-corrected chi connectivity index (χ0v) is 9.77. The largest absolute Gasteiger partial charge is 0.481 e. The van der Waals surface area contributed by atoms with Crippen LogP contribution in [0.5, 0.6) is 0 Å². The monoisotopic (exact) mass is 222 g/mol. The van der Waals surface area contributed by atoms with Crippen LogP contribution < -0.4 is 0 Å². The molecule has 0 aliphatic carbocycles. The number of hydrogen-bond acceptors (Lipinski definition) is 2. The molecule has 0 aromatic heterocycles. The molecule has 1 unspecified atom stereocenters. The van der Waals surface area contributed by atoms with Crippen LogP contribution in [0.1, 0.15) is 24.5 Å². The molecule has 0 spiro atoms. The lowest BCUT2D eigenvalue weighted by Gasteiger charge is -2.13. The van der Waals surface area contributed by atoms with Crippen molar-refractivity contribution in [3.8, 4) is 0 Å². The van der Waals surface area contributed by atoms with Crippen LogP contribution in [0.15, 0.2) is 24.3 Å². The molecule has 0 saturated heterocycles. The van der Waals surface area contributed by atoms with Gasteiger partial charge in [0.15, 0.2) is 0 Å². The number of hydrogen-bond donors (Lipinski definition) is 1. The molecule has 1 atom stereocenters. The molecule has 0 heterocycles. The molecule has 0 aliphatic rings. The van der Waals surface area contributed by atoms with Crippen LogP contribution in [0, 0.1) is 0 Å². The Morgan fingerprint density at radius 2 is 2.00 bits per heavy atom. The first kappa shape index (κ1) is 12.7. The number of carboxylic acid groups (broad SMARTS) is 1. The minimum absolute atomic E-state index is 0.158. The number of rotatable bonds is 6. The molecule has 1 N–H and O–H groups in total. The van der Waals surface area contributed by atoms with Crippen molar-refractivity contribution in [1.82, 2.24) is 0 Å². The van der Waals surface area contributed by atoms with Crippen LogP contribution in [0.25, 0.3) is 0 Å². The maximum atomic E-state index is 10.5. The second-order valence-electron chi connectivity index (χ2n) is 3.91. The van der Waals surface area contributed by atoms with Crippen LogP contribution in [0.3, 0.4) is 0 Å². The smallest absolute Gasteiger partial charge is 0.303 e. The van der Waals surface area contributed by atoms with Crippen LogP contribution >= 0.6 is 0 Å². The second kappa shape index (κ2) is 6.28. The highest BCUT2D eigenvalue weighted by atomic mass is 16.5. The van der Waals surface area contributed by atoms with Gasteiger partial charge in [0.2, 0.25) is 0 Å². The van der Waals surface area contributed by atoms with Gasteiger partial charge in [0.05, 0.1) is 6.10 Å². The summed E-state index contributed by atoms with van der Waals surface area (Å²) in [5.41, 5.74) is 2.28. The summed E-state index contributed by atoms with van der Waals surface area (Å²) in [6.07, 6.45) is 1.75. The highest BCUT2D eigenvalue weighted by Crippen LogP contribution is 2.14. The molecule has 1 aromatic rings. The van der Waals surface area contributed by atoms with Crippen molar-refractivity contribution in [3.05, 3.63) is 35.4 Å². The number of aliphatic carboxylic acids is 1. The van der Waals surface area contributed by atoms with Gasteiger partial charge >= 0.3 is 5.97 Å². The van der Waals surface area contributed by atoms with Gasteiger partial charge in [0.1, 0.15) is 0 Å². The minimum atomic E-state index is -0.755. The molecule has 16 heavy (non-hydrogen) atoms. The minimum Gasteiger partial charge on any atom is -0.481 e. The lowest BCUT2D eigenvalue weighted by Crippen LogP contribution is -2.10. The van der Waals surface area contributed by atoms with Crippen molar-refractivity contribution in [2.75, 3.05) is 7.11 Å². The van der Waals surface area contributed by atoms with E-state index in [0.29, 0.717) is 6.42 Å². The van der Waals surface area contributed by atoms with Gasteiger partial charge in [-0.2, -0.15) is 0 Å². The van der Waals surface area contributed by atoms with Crippen LogP contribution in [0.4, 0.5) is 0 Å². The Balaban J connectivity index is 2.71. The first-order valence-corrected chi connectivity index (χ1v) is 5.45. The van der Waals surface area contributed by atoms with Gasteiger partial charge in [-0.1, -0.05) is 24.3 Å². The quantitative estimate of drug-likeness (QED) is 0.803. The summed E-state index contributed by atoms with van der Waals surface area (Å²) in [6.45, 7) is 2.01. The molecule has 0 radical (unpaired) electrons. The van der Waals surface area contributed by atoms with Crippen molar-refractivity contribution >= 4 is 5.97 Å². The molecule has 0 bridgehead atoms. The molecule has 88 valence electrons. The molecule has 0 aliphatic heterocycles. The fourth-order valence-corrected chi connectivity index (χ4v) is 1.64. The van der Waals surface area contributed by atoms with Crippen molar-refractivity contribution in [2.24, 2.45) is 0 Å². The van der Waals surface area contributed by atoms with Crippen molar-refractivity contribution in [1.29, 1.82) is 0 Å². The summed E-state index contributed by atoms with van der Waals surface area (Å²) >= 11 is 0. The molecule has 3 nitrogen and oxygen atoms in total. The van der Waals surface area contributed by atoms with Gasteiger partial charge in [0.25, 0.3) is 0 Å². The Hall–Kier alpha value is -1.35. The van der Waals surface area contributed by atoms with E-state index < -0.39 is 5.97 Å². The van der Waals surface area contributed by atoms with E-state index in [1.54, 1.807) is 7.11 Å². The Morgan fingerprint density at radius 1 is 1.38 bits per heavy atom. The lowest BCUT2D eigenvalue weighted by molar-refractivity contribution is -0.136. The van der Waals surface area contributed by atoms with Crippen molar-refractivity contribution < 1.29 is 14.6 Å². The fourth-order valence-electron chi connectivity index (χ4n) is 1.64. The van der Waals surface area contributed by atoms with E-state index in [9.17, 15) is 4.79 Å². The molecule has 0 saturated carbocycles. The first-order chi connectivity index (χ1) is 7.63. The first-order valence-electron chi connectivity index (χ1n) is 5.45. The van der Waals surface area contributed by atoms with Crippen molar-refractivity contribution in [3.63, 3.8) is 0 Å². The standard InChI is InChI=1S/C13H18O3/c1-10(16-2)9-12-6-4-3-5-11(12)7-8-13(14)15/h3-6,10H,7-9H2,1-2H3,(H,14,15). The van der Waals surface area contributed by atoms with E-state index in [1.165, 1.54) is 5.56 Å². The summed E-state index contributed by atoms with van der Waals surface area (Å²) in [5, 5.41) is 8.67. The van der Waals surface area contributed by atoms with Crippen molar-refractivity contribution in [2.45, 2.75) is 32.3 Å². The number of methoxy groups -OCH3 is 1. The number of ether oxygens (including phenoxy) is 1. The third kappa shape index (κ3) is 4.03. The Labute approximate surface area is 96.1 Å². The fraction of sp³-hybridized carbons (Fsp3) is 0.462. The van der Waals surface area contributed by atoms with Gasteiger partial charge in [-0.15, -0.1) is 0 Å². The molecular formula is C13H18O3. The van der Waals surface area contributed by atoms with E-state index in [4.69, 9.17) is 9.84 Å². The molecule has 0 fully saturated rings. The summed E-state index contributed by atoms with van der Waals surface area (Å²) in [7, 11) is 1.69. The van der Waals surface area contributed by atoms with Gasteiger partial charge in [0, 0.05) is 13.5 Å². The molecule has 3 heteroatoms. The molecule has 0 amide bonds. The second-order valence-corrected chi connectivity index (χ2v) is 3.91. The van der Waals surface area contributed by atoms with Crippen LogP contribution in [-0.4, -0.2) is 24.3 Å². The maximum absolute atomic E-state index is 10.5. The maximum Gasteiger partial charge on any atom is 0.303 e. The Kier molecular flexibility index (Phi) is 4.99. The zero-order chi connectivity index (χ0) is 12.0. The number of carboxylic acids is 1. The average Bonchev–Trinajstić information content (AvgIpc) is 2.27. The summed E-state index contributed by atoms with van der Waals surface area (Å²) in [4.78, 5) is 10.5. The Bertz CT molecular complexity index is 347. The normalized spacial score (nSPS) is 12.4. The van der Waals surface area contributed by atoms with Gasteiger partial charge in [-0.3, -0.25) is 4.79 Å². The predicted molar refractivity (Wildman–Crippen MR) is 62.6 cm³/mol. The summed E-state index contributed by atoms with van der Waals surface area (Å²) < 4.78 is 5.22. The lowest BCUT2D eigenvalue weighted by atomic mass is 9.98. The summed E-state index contributed by atoms with van der Waals surface area (Å²) in [6, 6.07) is 7.94. The SMILES string of the molecule is COC(C)Cc1ccccc1CCC(=O)O. The van der Waals surface area contributed by atoms with Gasteiger partial charge in [-0.25, -0.2) is 0 Å². The summed E-state index contributed by atoms with van der Waals surface area (Å²) in [5.74, 6) is -0.755. The highest BCUT2D eigenvalue weighted by molar-refractivity contribution is 5.67. The van der Waals surface area contributed by atoms with Gasteiger partial charge < -0.3 is 9.84 Å². The van der Waals surface area contributed by atoms with E-state index in [-0.39, 0.29) is 12.5 Å². The van der Waals surface area contributed by atoms with E-state index in [2.05, 4.69) is 0 Å². The highest BCUT2D eigenvalue weighted by Gasteiger charge is 2.07. The van der Waals surface area contributed by atoms with E-state index in [0.717, 1.165) is 12.0 Å². The van der Waals surface area contributed by atoms with E-state index in [1.807, 2.05) is 31.2 Å². The van der Waals surface area contributed by atoms with Crippen LogP contribution in [-0.2, 0) is 22.4 Å². The zero-order valence-electron chi connectivity index (χ0n) is 9.77. The Morgan fingerprint density at radius 3 is 2.56 bits per heavy atom. The molecule has 1 rings (SSSR count). The third-order valence-electron chi connectivity index (χ3n) is 2.64. The van der Waals surface area contributed by atoms with E-state index >= 15 is 0 Å².